The SMILES string of the molecule is c1cc(-c2ccsn2)c2nc[nH]c2c1. The van der Waals surface area contributed by atoms with Crippen LogP contribution in [0.2, 0.25) is 0 Å². The number of para-hydroxylation sites is 1. The van der Waals surface area contributed by atoms with Crippen molar-refractivity contribution in [3.05, 3.63) is 36.0 Å². The van der Waals surface area contributed by atoms with Gasteiger partial charge in [-0.25, -0.2) is 4.98 Å². The van der Waals surface area contributed by atoms with Gasteiger partial charge >= 0.3 is 0 Å². The molecule has 3 aromatic rings. The van der Waals surface area contributed by atoms with Gasteiger partial charge in [-0.1, -0.05) is 12.1 Å². The first-order chi connectivity index (χ1) is 6.95. The molecule has 14 heavy (non-hydrogen) atoms. The van der Waals surface area contributed by atoms with Gasteiger partial charge in [-0.3, -0.25) is 0 Å². The Balaban J connectivity index is 2.36. The Morgan fingerprint density at radius 2 is 2.21 bits per heavy atom. The van der Waals surface area contributed by atoms with Crippen LogP contribution in [0, 0.1) is 0 Å². The summed E-state index contributed by atoms with van der Waals surface area (Å²) in [4.78, 5) is 7.37. The molecule has 0 atom stereocenters. The minimum absolute atomic E-state index is 0.985. The number of hydrogen-bond acceptors (Lipinski definition) is 3. The van der Waals surface area contributed by atoms with Crippen LogP contribution in [0.5, 0.6) is 0 Å². The fourth-order valence-electron chi connectivity index (χ4n) is 1.52. The number of rotatable bonds is 1. The van der Waals surface area contributed by atoms with Crippen LogP contribution >= 0.6 is 11.5 Å². The van der Waals surface area contributed by atoms with E-state index in [4.69, 9.17) is 0 Å². The quantitative estimate of drug-likeness (QED) is 0.657. The summed E-state index contributed by atoms with van der Waals surface area (Å²) in [6.07, 6.45) is 1.71. The van der Waals surface area contributed by atoms with E-state index in [-0.39, 0.29) is 0 Å². The second-order valence-corrected chi connectivity index (χ2v) is 3.65. The summed E-state index contributed by atoms with van der Waals surface area (Å²) >= 11 is 1.46. The summed E-state index contributed by atoms with van der Waals surface area (Å²) in [6.45, 7) is 0. The molecule has 3 rings (SSSR count). The van der Waals surface area contributed by atoms with E-state index in [2.05, 4.69) is 14.3 Å². The summed E-state index contributed by atoms with van der Waals surface area (Å²) in [5.74, 6) is 0. The number of aromatic amines is 1. The van der Waals surface area contributed by atoms with Crippen LogP contribution in [0.3, 0.4) is 0 Å². The normalized spacial score (nSPS) is 10.9. The van der Waals surface area contributed by atoms with Crippen molar-refractivity contribution in [2.75, 3.05) is 0 Å². The van der Waals surface area contributed by atoms with E-state index < -0.39 is 0 Å². The maximum Gasteiger partial charge on any atom is 0.0976 e. The molecule has 0 fully saturated rings. The van der Waals surface area contributed by atoms with Crippen LogP contribution < -0.4 is 0 Å². The lowest BCUT2D eigenvalue weighted by Gasteiger charge is -1.96. The average molecular weight is 201 g/mol. The van der Waals surface area contributed by atoms with E-state index in [0.717, 1.165) is 22.3 Å². The molecule has 4 heteroatoms. The second kappa shape index (κ2) is 2.92. The third kappa shape index (κ3) is 1.04. The highest BCUT2D eigenvalue weighted by Crippen LogP contribution is 2.25. The summed E-state index contributed by atoms with van der Waals surface area (Å²) in [5.41, 5.74) is 4.12. The van der Waals surface area contributed by atoms with Crippen molar-refractivity contribution in [2.24, 2.45) is 0 Å². The van der Waals surface area contributed by atoms with E-state index >= 15 is 0 Å². The van der Waals surface area contributed by atoms with E-state index in [0.29, 0.717) is 0 Å². The number of aromatic nitrogens is 3. The van der Waals surface area contributed by atoms with Gasteiger partial charge in [-0.05, 0) is 23.7 Å². The first-order valence-electron chi connectivity index (χ1n) is 4.28. The first-order valence-corrected chi connectivity index (χ1v) is 5.11. The maximum atomic E-state index is 4.30. The molecule has 0 saturated heterocycles. The van der Waals surface area contributed by atoms with E-state index in [1.165, 1.54) is 11.5 Å². The molecular formula is C10H7N3S. The van der Waals surface area contributed by atoms with Crippen LogP contribution in [0.1, 0.15) is 0 Å². The van der Waals surface area contributed by atoms with Gasteiger partial charge in [0, 0.05) is 10.9 Å². The standard InChI is InChI=1S/C10H7N3S/c1-2-7(8-4-5-14-13-8)10-9(3-1)11-6-12-10/h1-6H,(H,11,12). The summed E-state index contributed by atoms with van der Waals surface area (Å²) in [7, 11) is 0. The Kier molecular flexibility index (Phi) is 1.61. The van der Waals surface area contributed by atoms with Crippen molar-refractivity contribution in [3.8, 4) is 11.3 Å². The molecule has 1 aromatic carbocycles. The molecule has 3 nitrogen and oxygen atoms in total. The molecule has 2 heterocycles. The number of imidazole rings is 1. The largest absolute Gasteiger partial charge is 0.345 e. The van der Waals surface area contributed by atoms with Crippen molar-refractivity contribution >= 4 is 22.6 Å². The van der Waals surface area contributed by atoms with E-state index in [9.17, 15) is 0 Å². The number of nitrogens with zero attached hydrogens (tertiary/aromatic N) is 2. The Hall–Kier alpha value is -1.68. The van der Waals surface area contributed by atoms with Crippen LogP contribution in [0.4, 0.5) is 0 Å². The zero-order valence-electron chi connectivity index (χ0n) is 7.27. The zero-order valence-corrected chi connectivity index (χ0v) is 8.08. The maximum absolute atomic E-state index is 4.30. The smallest absolute Gasteiger partial charge is 0.0976 e. The molecule has 68 valence electrons. The summed E-state index contributed by atoms with van der Waals surface area (Å²) in [6, 6.07) is 8.07. The van der Waals surface area contributed by atoms with Gasteiger partial charge in [-0.15, -0.1) is 0 Å². The highest BCUT2D eigenvalue weighted by atomic mass is 32.1. The van der Waals surface area contributed by atoms with Crippen molar-refractivity contribution in [1.29, 1.82) is 0 Å². The lowest BCUT2D eigenvalue weighted by Crippen LogP contribution is -1.79. The molecule has 0 aliphatic rings. The third-order valence-corrected chi connectivity index (χ3v) is 2.72. The lowest BCUT2D eigenvalue weighted by molar-refractivity contribution is 1.34. The molecular weight excluding hydrogens is 194 g/mol. The van der Waals surface area contributed by atoms with Gasteiger partial charge in [0.1, 0.15) is 0 Å². The Morgan fingerprint density at radius 3 is 3.07 bits per heavy atom. The van der Waals surface area contributed by atoms with E-state index in [1.54, 1.807) is 6.33 Å². The Morgan fingerprint density at radius 1 is 1.21 bits per heavy atom. The van der Waals surface area contributed by atoms with Crippen molar-refractivity contribution in [2.45, 2.75) is 0 Å². The van der Waals surface area contributed by atoms with Gasteiger partial charge in [0.05, 0.1) is 23.1 Å². The third-order valence-electron chi connectivity index (χ3n) is 2.16. The molecule has 1 N–H and O–H groups in total. The minimum atomic E-state index is 0.985. The lowest BCUT2D eigenvalue weighted by atomic mass is 10.1. The molecule has 0 aliphatic carbocycles. The molecule has 0 saturated carbocycles. The number of H-pyrrole nitrogens is 1. The summed E-state index contributed by atoms with van der Waals surface area (Å²) < 4.78 is 4.30. The highest BCUT2D eigenvalue weighted by molar-refractivity contribution is 7.03. The highest BCUT2D eigenvalue weighted by Gasteiger charge is 2.06. The topological polar surface area (TPSA) is 41.6 Å². The molecule has 0 aliphatic heterocycles. The monoisotopic (exact) mass is 201 g/mol. The number of nitrogens with one attached hydrogen (secondary N) is 1. The van der Waals surface area contributed by atoms with Crippen LogP contribution in [-0.4, -0.2) is 14.3 Å². The Bertz CT molecular complexity index is 554. The molecule has 0 amide bonds. The van der Waals surface area contributed by atoms with Gasteiger partial charge in [0.2, 0.25) is 0 Å². The molecule has 0 radical (unpaired) electrons. The predicted octanol–water partition coefficient (Wildman–Crippen LogP) is 2.69. The van der Waals surface area contributed by atoms with Crippen LogP contribution in [-0.2, 0) is 0 Å². The number of fused-ring (bicyclic) bond motifs is 1. The van der Waals surface area contributed by atoms with Crippen molar-refractivity contribution in [1.82, 2.24) is 14.3 Å². The number of benzene rings is 1. The first kappa shape index (κ1) is 7.70. The Labute approximate surface area is 84.6 Å². The van der Waals surface area contributed by atoms with Gasteiger partial charge in [0.15, 0.2) is 0 Å². The molecule has 0 bridgehead atoms. The molecule has 0 unspecified atom stereocenters. The molecule has 2 aromatic heterocycles. The van der Waals surface area contributed by atoms with Crippen LogP contribution in [0.15, 0.2) is 36.0 Å². The molecule has 0 spiro atoms. The fourth-order valence-corrected chi connectivity index (χ4v) is 2.05. The van der Waals surface area contributed by atoms with Crippen LogP contribution in [0.25, 0.3) is 22.3 Å². The van der Waals surface area contributed by atoms with Gasteiger partial charge < -0.3 is 4.98 Å². The predicted molar refractivity (Wildman–Crippen MR) is 57.2 cm³/mol. The minimum Gasteiger partial charge on any atom is -0.345 e. The fraction of sp³-hybridized carbons (Fsp3) is 0. The second-order valence-electron chi connectivity index (χ2n) is 2.99. The number of hydrogen-bond donors (Lipinski definition) is 1. The average Bonchev–Trinajstić information content (AvgIpc) is 2.88. The van der Waals surface area contributed by atoms with E-state index in [1.807, 2.05) is 29.6 Å². The van der Waals surface area contributed by atoms with Gasteiger partial charge in [-0.2, -0.15) is 4.37 Å². The van der Waals surface area contributed by atoms with Crippen molar-refractivity contribution in [3.63, 3.8) is 0 Å². The van der Waals surface area contributed by atoms with Crippen molar-refractivity contribution < 1.29 is 0 Å². The summed E-state index contributed by atoms with van der Waals surface area (Å²) in [5, 5.41) is 1.97. The zero-order chi connectivity index (χ0) is 9.38. The van der Waals surface area contributed by atoms with Gasteiger partial charge in [0.25, 0.3) is 0 Å².